The van der Waals surface area contributed by atoms with E-state index in [0.29, 0.717) is 0 Å². The van der Waals surface area contributed by atoms with Gasteiger partial charge >= 0.3 is 6.03 Å². The van der Waals surface area contributed by atoms with Gasteiger partial charge in [0, 0.05) is 5.56 Å². The minimum absolute atomic E-state index is 0.0704. The number of hydrogen-bond donors (Lipinski definition) is 3. The lowest BCUT2D eigenvalue weighted by Crippen LogP contribution is -2.42. The highest BCUT2D eigenvalue weighted by Gasteiger charge is 2.25. The van der Waals surface area contributed by atoms with Crippen molar-refractivity contribution in [2.75, 3.05) is 5.32 Å². The zero-order chi connectivity index (χ0) is 12.8. The molecule has 1 atom stereocenters. The zero-order valence-corrected chi connectivity index (χ0v) is 10.7. The minimum Gasteiger partial charge on any atom is -0.318 e. The summed E-state index contributed by atoms with van der Waals surface area (Å²) in [6, 6.07) is 3.94. The van der Waals surface area contributed by atoms with Crippen LogP contribution in [0.4, 0.5) is 10.5 Å². The summed E-state index contributed by atoms with van der Waals surface area (Å²) in [4.78, 5) is 11.4. The van der Waals surface area contributed by atoms with Crippen molar-refractivity contribution in [1.82, 2.24) is 5.32 Å². The fraction of sp³-hybridized carbons (Fsp3) is 0.462. The number of aryl methyl sites for hydroxylation is 1. The van der Waals surface area contributed by atoms with Gasteiger partial charge in [0.15, 0.2) is 0 Å². The Labute approximate surface area is 102 Å². The van der Waals surface area contributed by atoms with Crippen LogP contribution in [0.1, 0.15) is 43.6 Å². The zero-order valence-electron chi connectivity index (χ0n) is 10.7. The molecule has 0 fully saturated rings. The molecule has 17 heavy (non-hydrogen) atoms. The van der Waals surface area contributed by atoms with Crippen molar-refractivity contribution in [1.29, 1.82) is 0 Å². The molecule has 1 unspecified atom stereocenters. The molecule has 0 spiro atoms. The second kappa shape index (κ2) is 3.74. The SMILES string of the molecule is Cc1cc(C(C)(C)C)cc2c1NC(=O)NC2N. The van der Waals surface area contributed by atoms with E-state index in [-0.39, 0.29) is 11.4 Å². The molecule has 4 N–H and O–H groups in total. The van der Waals surface area contributed by atoms with Gasteiger partial charge in [0.25, 0.3) is 0 Å². The smallest absolute Gasteiger partial charge is 0.318 e. The lowest BCUT2D eigenvalue weighted by Gasteiger charge is -2.29. The van der Waals surface area contributed by atoms with Crippen LogP contribution in [0, 0.1) is 6.92 Å². The third kappa shape index (κ3) is 2.13. The highest BCUT2D eigenvalue weighted by atomic mass is 16.2. The average Bonchev–Trinajstić information content (AvgIpc) is 2.17. The Morgan fingerprint density at radius 3 is 2.53 bits per heavy atom. The molecule has 0 aliphatic carbocycles. The largest absolute Gasteiger partial charge is 0.320 e. The molecule has 0 saturated carbocycles. The molecular weight excluding hydrogens is 214 g/mol. The van der Waals surface area contributed by atoms with Crippen LogP contribution >= 0.6 is 0 Å². The van der Waals surface area contributed by atoms with Crippen molar-refractivity contribution < 1.29 is 4.79 Å². The van der Waals surface area contributed by atoms with Gasteiger partial charge in [-0.1, -0.05) is 26.8 Å². The van der Waals surface area contributed by atoms with Crippen LogP contribution in [0.5, 0.6) is 0 Å². The van der Waals surface area contributed by atoms with E-state index in [1.54, 1.807) is 0 Å². The highest BCUT2D eigenvalue weighted by Crippen LogP contribution is 2.33. The summed E-state index contributed by atoms with van der Waals surface area (Å²) >= 11 is 0. The quantitative estimate of drug-likeness (QED) is 0.644. The Balaban J connectivity index is 2.58. The molecule has 0 radical (unpaired) electrons. The third-order valence-electron chi connectivity index (χ3n) is 3.09. The van der Waals surface area contributed by atoms with E-state index in [2.05, 4.69) is 43.5 Å². The van der Waals surface area contributed by atoms with Crippen LogP contribution in [0.2, 0.25) is 0 Å². The Bertz CT molecular complexity index is 474. The molecule has 4 nitrogen and oxygen atoms in total. The number of benzene rings is 1. The summed E-state index contributed by atoms with van der Waals surface area (Å²) < 4.78 is 0. The van der Waals surface area contributed by atoms with E-state index >= 15 is 0 Å². The molecule has 2 rings (SSSR count). The molecule has 0 saturated heterocycles. The number of rotatable bonds is 0. The number of nitrogens with two attached hydrogens (primary N) is 1. The summed E-state index contributed by atoms with van der Waals surface area (Å²) in [7, 11) is 0. The monoisotopic (exact) mass is 233 g/mol. The van der Waals surface area contributed by atoms with Gasteiger partial charge in [-0.05, 0) is 29.5 Å². The van der Waals surface area contributed by atoms with Crippen molar-refractivity contribution in [3.05, 3.63) is 28.8 Å². The first kappa shape index (κ1) is 11.9. The number of amides is 2. The first-order valence-corrected chi connectivity index (χ1v) is 5.77. The van der Waals surface area contributed by atoms with Crippen LogP contribution in [0.3, 0.4) is 0 Å². The minimum atomic E-state index is -0.431. The van der Waals surface area contributed by atoms with Gasteiger partial charge in [-0.15, -0.1) is 0 Å². The van der Waals surface area contributed by atoms with Gasteiger partial charge in [-0.25, -0.2) is 4.79 Å². The van der Waals surface area contributed by atoms with Crippen LogP contribution in [-0.4, -0.2) is 6.03 Å². The van der Waals surface area contributed by atoms with E-state index < -0.39 is 6.17 Å². The van der Waals surface area contributed by atoms with Crippen LogP contribution in [0.25, 0.3) is 0 Å². The number of fused-ring (bicyclic) bond motifs is 1. The number of nitrogens with one attached hydrogen (secondary N) is 2. The van der Waals surface area contributed by atoms with E-state index in [1.165, 1.54) is 5.56 Å². The summed E-state index contributed by atoms with van der Waals surface area (Å²) in [6.45, 7) is 8.48. The molecule has 1 aromatic rings. The molecule has 92 valence electrons. The number of carbonyl (C=O) groups excluding carboxylic acids is 1. The third-order valence-corrected chi connectivity index (χ3v) is 3.09. The fourth-order valence-corrected chi connectivity index (χ4v) is 2.03. The first-order chi connectivity index (χ1) is 7.79. The summed E-state index contributed by atoms with van der Waals surface area (Å²) in [5.41, 5.74) is 10.1. The van der Waals surface area contributed by atoms with Crippen molar-refractivity contribution in [2.24, 2.45) is 5.73 Å². The molecule has 0 bridgehead atoms. The topological polar surface area (TPSA) is 67.2 Å². The second-order valence-electron chi connectivity index (χ2n) is 5.58. The van der Waals surface area contributed by atoms with Gasteiger partial charge in [0.05, 0.1) is 5.69 Å². The average molecular weight is 233 g/mol. The maximum Gasteiger partial charge on any atom is 0.320 e. The fourth-order valence-electron chi connectivity index (χ4n) is 2.03. The lowest BCUT2D eigenvalue weighted by molar-refractivity contribution is 0.247. The van der Waals surface area contributed by atoms with Gasteiger partial charge < -0.3 is 16.4 Å². The molecule has 2 amide bonds. The van der Waals surface area contributed by atoms with E-state index in [1.807, 2.05) is 6.92 Å². The molecule has 1 aliphatic rings. The van der Waals surface area contributed by atoms with Gasteiger partial charge in [-0.3, -0.25) is 0 Å². The maximum absolute atomic E-state index is 11.4. The maximum atomic E-state index is 11.4. The first-order valence-electron chi connectivity index (χ1n) is 5.77. The molecule has 0 aromatic heterocycles. The molecule has 4 heteroatoms. The predicted octanol–water partition coefficient (Wildman–Crippen LogP) is 2.38. The van der Waals surface area contributed by atoms with Crippen molar-refractivity contribution in [3.8, 4) is 0 Å². The van der Waals surface area contributed by atoms with Crippen LogP contribution in [0.15, 0.2) is 12.1 Å². The summed E-state index contributed by atoms with van der Waals surface area (Å²) in [5.74, 6) is 0. The lowest BCUT2D eigenvalue weighted by atomic mass is 9.84. The summed E-state index contributed by atoms with van der Waals surface area (Å²) in [6.07, 6.45) is -0.431. The number of urea groups is 1. The number of anilines is 1. The van der Waals surface area contributed by atoms with Crippen LogP contribution in [-0.2, 0) is 5.41 Å². The Hall–Kier alpha value is -1.55. The van der Waals surface area contributed by atoms with E-state index in [9.17, 15) is 4.79 Å². The van der Waals surface area contributed by atoms with E-state index in [4.69, 9.17) is 5.73 Å². The molecule has 1 aliphatic heterocycles. The van der Waals surface area contributed by atoms with Crippen LogP contribution < -0.4 is 16.4 Å². The van der Waals surface area contributed by atoms with E-state index in [0.717, 1.165) is 16.8 Å². The van der Waals surface area contributed by atoms with Crippen molar-refractivity contribution in [3.63, 3.8) is 0 Å². The Kier molecular flexibility index (Phi) is 2.62. The number of carbonyl (C=O) groups is 1. The Morgan fingerprint density at radius 1 is 1.29 bits per heavy atom. The Morgan fingerprint density at radius 2 is 1.94 bits per heavy atom. The standard InChI is InChI=1S/C13H19N3O/c1-7-5-8(13(2,3)4)6-9-10(7)15-12(17)16-11(9)14/h5-6,11H,14H2,1-4H3,(H2,15,16,17). The van der Waals surface area contributed by atoms with Crippen molar-refractivity contribution in [2.45, 2.75) is 39.3 Å². The molecule has 1 aromatic carbocycles. The molecule has 1 heterocycles. The second-order valence-corrected chi connectivity index (χ2v) is 5.58. The molecular formula is C13H19N3O. The predicted molar refractivity (Wildman–Crippen MR) is 69.0 cm³/mol. The summed E-state index contributed by atoms with van der Waals surface area (Å²) in [5, 5.41) is 5.48. The van der Waals surface area contributed by atoms with Crippen molar-refractivity contribution >= 4 is 11.7 Å². The number of hydrogen-bond acceptors (Lipinski definition) is 2. The normalized spacial score (nSPS) is 19.4. The highest BCUT2D eigenvalue weighted by molar-refractivity contribution is 5.94. The van der Waals surface area contributed by atoms with Gasteiger partial charge in [0.2, 0.25) is 0 Å². The van der Waals surface area contributed by atoms with Gasteiger partial charge in [-0.2, -0.15) is 0 Å². The van der Waals surface area contributed by atoms with Gasteiger partial charge in [0.1, 0.15) is 6.17 Å².